The maximum Gasteiger partial charge on any atom is 0.264 e. The number of nitrogens with one attached hydrogen (secondary N) is 1. The molecule has 7 nitrogen and oxygen atoms in total. The van der Waals surface area contributed by atoms with Crippen molar-refractivity contribution in [2.24, 2.45) is 0 Å². The molecular weight excluding hydrogens is 605 g/mol. The van der Waals surface area contributed by atoms with Crippen molar-refractivity contribution in [3.05, 3.63) is 93.4 Å². The molecule has 0 heterocycles. The summed E-state index contributed by atoms with van der Waals surface area (Å²) in [5, 5.41) is 4.13. The molecule has 0 aromatic heterocycles. The van der Waals surface area contributed by atoms with Crippen molar-refractivity contribution in [1.82, 2.24) is 10.2 Å². The SMILES string of the molecule is C[C@H](C(=O)NC1CCCCC1)N(Cc1c(Cl)cccc1Cl)C(=O)CN(c1ccccc1)S(=O)(=O)c1ccc(Cl)cc1. The van der Waals surface area contributed by atoms with E-state index < -0.39 is 28.5 Å². The fourth-order valence-electron chi connectivity index (χ4n) is 4.86. The lowest BCUT2D eigenvalue weighted by Crippen LogP contribution is -2.53. The molecule has 218 valence electrons. The highest BCUT2D eigenvalue weighted by atomic mass is 35.5. The Kier molecular flexibility index (Phi) is 10.6. The van der Waals surface area contributed by atoms with Crippen molar-refractivity contribution < 1.29 is 18.0 Å². The number of hydrogen-bond donors (Lipinski definition) is 1. The van der Waals surface area contributed by atoms with E-state index in [0.717, 1.165) is 36.4 Å². The number of sulfonamides is 1. The number of rotatable bonds is 10. The Labute approximate surface area is 256 Å². The van der Waals surface area contributed by atoms with Crippen LogP contribution in [0.1, 0.15) is 44.6 Å². The van der Waals surface area contributed by atoms with Crippen molar-refractivity contribution in [1.29, 1.82) is 0 Å². The van der Waals surface area contributed by atoms with Gasteiger partial charge in [0, 0.05) is 33.2 Å². The quantitative estimate of drug-likeness (QED) is 0.268. The smallest absolute Gasteiger partial charge is 0.264 e. The van der Waals surface area contributed by atoms with E-state index in [4.69, 9.17) is 34.8 Å². The monoisotopic (exact) mass is 635 g/mol. The molecule has 11 heteroatoms. The fourth-order valence-corrected chi connectivity index (χ4v) is 6.92. The summed E-state index contributed by atoms with van der Waals surface area (Å²) in [4.78, 5) is 28.8. The van der Waals surface area contributed by atoms with Gasteiger partial charge in [0.2, 0.25) is 11.8 Å². The van der Waals surface area contributed by atoms with Gasteiger partial charge in [0.1, 0.15) is 12.6 Å². The van der Waals surface area contributed by atoms with Crippen LogP contribution < -0.4 is 9.62 Å². The molecule has 3 aromatic carbocycles. The zero-order valence-corrected chi connectivity index (χ0v) is 25.7. The summed E-state index contributed by atoms with van der Waals surface area (Å²) in [6.45, 7) is 0.986. The second-order valence-electron chi connectivity index (χ2n) is 10.0. The highest BCUT2D eigenvalue weighted by molar-refractivity contribution is 7.92. The van der Waals surface area contributed by atoms with Gasteiger partial charge >= 0.3 is 0 Å². The topological polar surface area (TPSA) is 86.8 Å². The third-order valence-corrected chi connectivity index (χ3v) is 9.98. The predicted octanol–water partition coefficient (Wildman–Crippen LogP) is 6.71. The maximum atomic E-state index is 14.1. The Hall–Kier alpha value is -2.78. The van der Waals surface area contributed by atoms with Crippen LogP contribution in [0, 0.1) is 0 Å². The Bertz CT molecular complexity index is 1440. The van der Waals surface area contributed by atoms with Gasteiger partial charge in [0.15, 0.2) is 0 Å². The van der Waals surface area contributed by atoms with E-state index in [1.54, 1.807) is 55.5 Å². The van der Waals surface area contributed by atoms with E-state index >= 15 is 0 Å². The minimum Gasteiger partial charge on any atom is -0.352 e. The van der Waals surface area contributed by atoms with E-state index in [0.29, 0.717) is 26.3 Å². The molecule has 0 unspecified atom stereocenters. The summed E-state index contributed by atoms with van der Waals surface area (Å²) in [6.07, 6.45) is 4.96. The fraction of sp³-hybridized carbons (Fsp3) is 0.333. The summed E-state index contributed by atoms with van der Waals surface area (Å²) in [5.41, 5.74) is 0.763. The predicted molar refractivity (Wildman–Crippen MR) is 164 cm³/mol. The third-order valence-electron chi connectivity index (χ3n) is 7.23. The normalized spacial score (nSPS) is 14.7. The summed E-state index contributed by atoms with van der Waals surface area (Å²) >= 11 is 18.9. The molecule has 0 aliphatic heterocycles. The number of halogens is 3. The van der Waals surface area contributed by atoms with Gasteiger partial charge in [0.05, 0.1) is 10.6 Å². The Morgan fingerprint density at radius 2 is 1.49 bits per heavy atom. The molecule has 1 aliphatic rings. The number of nitrogens with zero attached hydrogens (tertiary/aromatic N) is 2. The van der Waals surface area contributed by atoms with E-state index in [2.05, 4.69) is 5.32 Å². The lowest BCUT2D eigenvalue weighted by molar-refractivity contribution is -0.139. The zero-order valence-electron chi connectivity index (χ0n) is 22.6. The van der Waals surface area contributed by atoms with Crippen molar-refractivity contribution in [3.63, 3.8) is 0 Å². The third kappa shape index (κ3) is 7.74. The number of anilines is 1. The molecule has 0 saturated heterocycles. The molecule has 3 aromatic rings. The van der Waals surface area contributed by atoms with Crippen LogP contribution in [0.4, 0.5) is 5.69 Å². The lowest BCUT2D eigenvalue weighted by Gasteiger charge is -2.33. The first-order valence-corrected chi connectivity index (χ1v) is 16.0. The van der Waals surface area contributed by atoms with Gasteiger partial charge < -0.3 is 10.2 Å². The number of carbonyl (C=O) groups is 2. The van der Waals surface area contributed by atoms with Crippen LogP contribution in [0.2, 0.25) is 15.1 Å². The molecule has 0 spiro atoms. The highest BCUT2D eigenvalue weighted by Gasteiger charge is 2.33. The first kappa shape index (κ1) is 31.2. The van der Waals surface area contributed by atoms with E-state index in [1.165, 1.54) is 29.2 Å². The Balaban J connectivity index is 1.69. The molecule has 0 radical (unpaired) electrons. The van der Waals surface area contributed by atoms with Gasteiger partial charge in [-0.05, 0) is 68.3 Å². The van der Waals surface area contributed by atoms with E-state index in [1.807, 2.05) is 0 Å². The van der Waals surface area contributed by atoms with Crippen LogP contribution in [0.25, 0.3) is 0 Å². The standard InChI is InChI=1S/C30H32Cl3N3O4S/c1-21(30(38)34-23-9-4-2-5-10-23)35(19-26-27(32)13-8-14-28(26)33)29(37)20-36(24-11-6-3-7-12-24)41(39,40)25-17-15-22(31)16-18-25/h3,6-8,11-18,21,23H,2,4-5,9-10,19-20H2,1H3,(H,34,38)/t21-/m1/s1. The molecule has 4 rings (SSSR count). The van der Waals surface area contributed by atoms with Crippen LogP contribution in [0.5, 0.6) is 0 Å². The number of para-hydroxylation sites is 1. The molecule has 2 amide bonds. The molecule has 1 atom stereocenters. The first-order valence-electron chi connectivity index (χ1n) is 13.4. The minimum absolute atomic E-state index is 0.0256. The summed E-state index contributed by atoms with van der Waals surface area (Å²) in [7, 11) is -4.18. The van der Waals surface area contributed by atoms with Crippen molar-refractivity contribution >= 4 is 62.3 Å². The lowest BCUT2D eigenvalue weighted by atomic mass is 9.95. The molecule has 1 saturated carbocycles. The minimum atomic E-state index is -4.18. The molecule has 0 bridgehead atoms. The zero-order chi connectivity index (χ0) is 29.6. The van der Waals surface area contributed by atoms with Gasteiger partial charge in [-0.2, -0.15) is 0 Å². The Morgan fingerprint density at radius 3 is 2.10 bits per heavy atom. The number of hydrogen-bond acceptors (Lipinski definition) is 4. The van der Waals surface area contributed by atoms with Crippen molar-refractivity contribution in [2.75, 3.05) is 10.8 Å². The molecular formula is C30H32Cl3N3O4S. The highest BCUT2D eigenvalue weighted by Crippen LogP contribution is 2.29. The maximum absolute atomic E-state index is 14.1. The second-order valence-corrected chi connectivity index (χ2v) is 13.2. The van der Waals surface area contributed by atoms with Crippen LogP contribution in [0.3, 0.4) is 0 Å². The van der Waals surface area contributed by atoms with E-state index in [9.17, 15) is 18.0 Å². The van der Waals surface area contributed by atoms with Gasteiger partial charge in [-0.3, -0.25) is 13.9 Å². The van der Waals surface area contributed by atoms with Crippen LogP contribution in [-0.2, 0) is 26.2 Å². The average Bonchev–Trinajstić information content (AvgIpc) is 2.96. The van der Waals surface area contributed by atoms with Crippen molar-refractivity contribution in [2.45, 2.75) is 62.6 Å². The Morgan fingerprint density at radius 1 is 0.878 bits per heavy atom. The summed E-state index contributed by atoms with van der Waals surface area (Å²) in [6, 6.07) is 18.2. The molecule has 1 fully saturated rings. The number of benzene rings is 3. The second kappa shape index (κ2) is 13.9. The summed E-state index contributed by atoms with van der Waals surface area (Å²) in [5.74, 6) is -0.908. The molecule has 41 heavy (non-hydrogen) atoms. The van der Waals surface area contributed by atoms with Crippen molar-refractivity contribution in [3.8, 4) is 0 Å². The van der Waals surface area contributed by atoms with Gasteiger partial charge in [-0.25, -0.2) is 8.42 Å². The average molecular weight is 637 g/mol. The largest absolute Gasteiger partial charge is 0.352 e. The van der Waals surface area contributed by atoms with Gasteiger partial charge in [0.25, 0.3) is 10.0 Å². The van der Waals surface area contributed by atoms with Gasteiger partial charge in [-0.1, -0.05) is 78.3 Å². The molecule has 1 N–H and O–H groups in total. The van der Waals surface area contributed by atoms with Crippen LogP contribution >= 0.6 is 34.8 Å². The number of carbonyl (C=O) groups excluding carboxylic acids is 2. The van der Waals surface area contributed by atoms with Crippen LogP contribution in [-0.4, -0.2) is 43.8 Å². The van der Waals surface area contributed by atoms with Gasteiger partial charge in [-0.15, -0.1) is 0 Å². The summed E-state index contributed by atoms with van der Waals surface area (Å²) < 4.78 is 28.7. The van der Waals surface area contributed by atoms with E-state index in [-0.39, 0.29) is 23.4 Å². The molecule has 1 aliphatic carbocycles. The van der Waals surface area contributed by atoms with Crippen LogP contribution in [0.15, 0.2) is 77.7 Å². The number of amides is 2. The first-order chi connectivity index (χ1) is 19.6.